The van der Waals surface area contributed by atoms with Crippen LogP contribution in [0.15, 0.2) is 30.3 Å². The molecule has 1 heterocycles. The second kappa shape index (κ2) is 7.57. The van der Waals surface area contributed by atoms with Crippen LogP contribution in [0.1, 0.15) is 25.8 Å². The quantitative estimate of drug-likeness (QED) is 0.837. The molecule has 21 heavy (non-hydrogen) atoms. The summed E-state index contributed by atoms with van der Waals surface area (Å²) in [7, 11) is 0. The van der Waals surface area contributed by atoms with Crippen molar-refractivity contribution in [3.8, 4) is 0 Å². The summed E-state index contributed by atoms with van der Waals surface area (Å²) in [6.45, 7) is 8.46. The van der Waals surface area contributed by atoms with Gasteiger partial charge in [-0.2, -0.15) is 0 Å². The number of carboxylic acids is 1. The molecule has 2 rings (SSSR count). The highest BCUT2D eigenvalue weighted by Crippen LogP contribution is 2.19. The summed E-state index contributed by atoms with van der Waals surface area (Å²) in [6.07, 6.45) is 1.10. The van der Waals surface area contributed by atoms with E-state index in [2.05, 4.69) is 43.0 Å². The van der Waals surface area contributed by atoms with Crippen LogP contribution in [0.2, 0.25) is 0 Å². The molecule has 1 saturated heterocycles. The van der Waals surface area contributed by atoms with Crippen molar-refractivity contribution in [1.82, 2.24) is 9.80 Å². The molecular weight excluding hydrogens is 264 g/mol. The molecule has 1 aliphatic rings. The summed E-state index contributed by atoms with van der Waals surface area (Å²) < 4.78 is 0. The van der Waals surface area contributed by atoms with Gasteiger partial charge in [0.15, 0.2) is 0 Å². The highest BCUT2D eigenvalue weighted by molar-refractivity contribution is 5.69. The predicted octanol–water partition coefficient (Wildman–Crippen LogP) is 2.30. The summed E-state index contributed by atoms with van der Waals surface area (Å²) in [4.78, 5) is 15.3. The lowest BCUT2D eigenvalue weighted by molar-refractivity contribution is -0.138. The number of carboxylic acid groups (broad SMARTS) is 1. The Kier molecular flexibility index (Phi) is 5.76. The van der Waals surface area contributed by atoms with Gasteiger partial charge in [0.1, 0.15) is 0 Å². The van der Waals surface area contributed by atoms with Gasteiger partial charge in [-0.3, -0.25) is 14.6 Å². The molecule has 4 heteroatoms. The van der Waals surface area contributed by atoms with E-state index >= 15 is 0 Å². The first kappa shape index (κ1) is 16.0. The molecule has 0 spiro atoms. The van der Waals surface area contributed by atoms with E-state index in [1.807, 2.05) is 11.0 Å². The second-order valence-corrected chi connectivity index (χ2v) is 6.29. The number of rotatable bonds is 7. The van der Waals surface area contributed by atoms with Crippen LogP contribution in [0.3, 0.4) is 0 Å². The van der Waals surface area contributed by atoms with E-state index in [0.29, 0.717) is 12.0 Å². The second-order valence-electron chi connectivity index (χ2n) is 6.29. The maximum Gasteiger partial charge on any atom is 0.317 e. The summed E-state index contributed by atoms with van der Waals surface area (Å²) in [6, 6.07) is 11.0. The Morgan fingerprint density at radius 3 is 2.71 bits per heavy atom. The maximum absolute atomic E-state index is 10.8. The van der Waals surface area contributed by atoms with Crippen molar-refractivity contribution in [2.75, 3.05) is 26.2 Å². The normalized spacial score (nSPS) is 19.5. The molecule has 0 amide bonds. The van der Waals surface area contributed by atoms with Crippen LogP contribution in [-0.2, 0) is 11.3 Å². The third-order valence-electron chi connectivity index (χ3n) is 4.18. The minimum atomic E-state index is -0.722. The number of hydrogen-bond acceptors (Lipinski definition) is 3. The third kappa shape index (κ3) is 5.14. The number of likely N-dealkylation sites (tertiary alicyclic amines) is 1. The molecule has 1 fully saturated rings. The standard InChI is InChI=1S/C17H26N2O2/c1-14(2)19(11-15-6-4-3-5-7-15)12-16-8-9-18(10-16)13-17(20)21/h3-7,14,16H,8-13H2,1-2H3,(H,20,21)/t16-/m1/s1. The molecule has 1 aromatic rings. The smallest absolute Gasteiger partial charge is 0.317 e. The topological polar surface area (TPSA) is 43.8 Å². The summed E-state index contributed by atoms with van der Waals surface area (Å²) in [5.74, 6) is -0.142. The fraction of sp³-hybridized carbons (Fsp3) is 0.588. The van der Waals surface area contributed by atoms with E-state index in [-0.39, 0.29) is 6.54 Å². The van der Waals surface area contributed by atoms with Gasteiger partial charge in [0, 0.05) is 25.7 Å². The molecule has 0 aliphatic carbocycles. The molecule has 0 bridgehead atoms. The van der Waals surface area contributed by atoms with Crippen molar-refractivity contribution in [1.29, 1.82) is 0 Å². The van der Waals surface area contributed by atoms with Gasteiger partial charge in [0.25, 0.3) is 0 Å². The average Bonchev–Trinajstić information content (AvgIpc) is 2.85. The van der Waals surface area contributed by atoms with Crippen LogP contribution < -0.4 is 0 Å². The Hall–Kier alpha value is -1.39. The van der Waals surface area contributed by atoms with Crippen LogP contribution in [-0.4, -0.2) is 53.1 Å². The van der Waals surface area contributed by atoms with Crippen LogP contribution in [0.4, 0.5) is 0 Å². The maximum atomic E-state index is 10.8. The van der Waals surface area contributed by atoms with Gasteiger partial charge in [-0.1, -0.05) is 30.3 Å². The number of aliphatic carboxylic acids is 1. The monoisotopic (exact) mass is 290 g/mol. The molecule has 0 unspecified atom stereocenters. The predicted molar refractivity (Wildman–Crippen MR) is 84.2 cm³/mol. The third-order valence-corrected chi connectivity index (χ3v) is 4.18. The van der Waals surface area contributed by atoms with Gasteiger partial charge in [-0.05, 0) is 38.3 Å². The van der Waals surface area contributed by atoms with Crippen molar-refractivity contribution in [3.05, 3.63) is 35.9 Å². The molecule has 1 aliphatic heterocycles. The lowest BCUT2D eigenvalue weighted by atomic mass is 10.1. The Morgan fingerprint density at radius 1 is 1.38 bits per heavy atom. The number of nitrogens with zero attached hydrogens (tertiary/aromatic N) is 2. The summed E-state index contributed by atoms with van der Waals surface area (Å²) >= 11 is 0. The zero-order valence-electron chi connectivity index (χ0n) is 13.0. The Labute approximate surface area is 127 Å². The number of benzene rings is 1. The molecule has 0 aromatic heterocycles. The molecule has 1 N–H and O–H groups in total. The fourth-order valence-electron chi connectivity index (χ4n) is 3.00. The van der Waals surface area contributed by atoms with Crippen molar-refractivity contribution >= 4 is 5.97 Å². The van der Waals surface area contributed by atoms with E-state index in [1.165, 1.54) is 5.56 Å². The minimum absolute atomic E-state index is 0.177. The summed E-state index contributed by atoms with van der Waals surface area (Å²) in [5.41, 5.74) is 1.34. The van der Waals surface area contributed by atoms with Gasteiger partial charge in [0.2, 0.25) is 0 Å². The van der Waals surface area contributed by atoms with Crippen LogP contribution in [0.5, 0.6) is 0 Å². The van der Waals surface area contributed by atoms with Crippen molar-refractivity contribution in [2.45, 2.75) is 32.9 Å². The van der Waals surface area contributed by atoms with Crippen molar-refractivity contribution in [2.24, 2.45) is 5.92 Å². The van der Waals surface area contributed by atoms with Crippen LogP contribution >= 0.6 is 0 Å². The molecule has 1 atom stereocenters. The van der Waals surface area contributed by atoms with Gasteiger partial charge < -0.3 is 5.11 Å². The van der Waals surface area contributed by atoms with E-state index in [0.717, 1.165) is 32.6 Å². The van der Waals surface area contributed by atoms with Crippen LogP contribution in [0.25, 0.3) is 0 Å². The first-order valence-electron chi connectivity index (χ1n) is 7.76. The van der Waals surface area contributed by atoms with Gasteiger partial charge >= 0.3 is 5.97 Å². The number of carbonyl (C=O) groups is 1. The molecule has 1 aromatic carbocycles. The lowest BCUT2D eigenvalue weighted by Crippen LogP contribution is -2.36. The zero-order valence-corrected chi connectivity index (χ0v) is 13.0. The van der Waals surface area contributed by atoms with E-state index < -0.39 is 5.97 Å². The van der Waals surface area contributed by atoms with E-state index in [4.69, 9.17) is 5.11 Å². The van der Waals surface area contributed by atoms with Crippen molar-refractivity contribution in [3.63, 3.8) is 0 Å². The first-order chi connectivity index (χ1) is 10.0. The first-order valence-corrected chi connectivity index (χ1v) is 7.76. The Bertz CT molecular complexity index is 447. The fourth-order valence-corrected chi connectivity index (χ4v) is 3.00. The van der Waals surface area contributed by atoms with E-state index in [1.54, 1.807) is 0 Å². The Balaban J connectivity index is 1.87. The molecule has 116 valence electrons. The molecule has 0 radical (unpaired) electrons. The van der Waals surface area contributed by atoms with Crippen molar-refractivity contribution < 1.29 is 9.90 Å². The average molecular weight is 290 g/mol. The molecule has 4 nitrogen and oxygen atoms in total. The minimum Gasteiger partial charge on any atom is -0.480 e. The SMILES string of the molecule is CC(C)N(Cc1ccccc1)C[C@@H]1CCN(CC(=O)O)C1. The Morgan fingerprint density at radius 2 is 2.10 bits per heavy atom. The lowest BCUT2D eigenvalue weighted by Gasteiger charge is -2.29. The van der Waals surface area contributed by atoms with Gasteiger partial charge in [-0.15, -0.1) is 0 Å². The highest BCUT2D eigenvalue weighted by Gasteiger charge is 2.26. The highest BCUT2D eigenvalue weighted by atomic mass is 16.4. The zero-order chi connectivity index (χ0) is 15.2. The molecular formula is C17H26N2O2. The van der Waals surface area contributed by atoms with Gasteiger partial charge in [0.05, 0.1) is 6.54 Å². The molecule has 0 saturated carbocycles. The largest absolute Gasteiger partial charge is 0.480 e. The van der Waals surface area contributed by atoms with Gasteiger partial charge in [-0.25, -0.2) is 0 Å². The van der Waals surface area contributed by atoms with E-state index in [9.17, 15) is 4.79 Å². The summed E-state index contributed by atoms with van der Waals surface area (Å²) in [5, 5.41) is 8.87. The van der Waals surface area contributed by atoms with Crippen LogP contribution in [0, 0.1) is 5.92 Å². The number of hydrogen-bond donors (Lipinski definition) is 1.